The van der Waals surface area contributed by atoms with Crippen LogP contribution in [-0.4, -0.2) is 11.3 Å². The molecule has 0 spiro atoms. The first-order chi connectivity index (χ1) is 20.9. The van der Waals surface area contributed by atoms with E-state index in [4.69, 9.17) is 4.42 Å². The van der Waals surface area contributed by atoms with Gasteiger partial charge in [-0.15, -0.1) is 0 Å². The molecular formula is C39H34BNOS. The fraction of sp³-hybridized carbons (Fsp3) is 0.179. The van der Waals surface area contributed by atoms with Crippen LogP contribution in [0.4, 0.5) is 0 Å². The maximum atomic E-state index is 6.46. The van der Waals surface area contributed by atoms with Gasteiger partial charge in [0.1, 0.15) is 11.1 Å². The molecule has 4 heteroatoms. The van der Waals surface area contributed by atoms with Crippen LogP contribution in [0.1, 0.15) is 56.2 Å². The normalized spacial score (nSPS) is 13.0. The van der Waals surface area contributed by atoms with Crippen LogP contribution in [0.25, 0.3) is 38.7 Å². The van der Waals surface area contributed by atoms with Gasteiger partial charge in [0.15, 0.2) is 5.58 Å². The third kappa shape index (κ3) is 4.03. The van der Waals surface area contributed by atoms with Crippen molar-refractivity contribution in [3.05, 3.63) is 120 Å². The average Bonchev–Trinajstić information content (AvgIpc) is 3.54. The first-order valence-corrected chi connectivity index (χ1v) is 16.2. The number of hydrogen-bond acceptors (Lipinski definition) is 2. The molecule has 0 atom stereocenters. The third-order valence-corrected chi connectivity index (χ3v) is 10.3. The minimum atomic E-state index is 0.188. The summed E-state index contributed by atoms with van der Waals surface area (Å²) in [5.74, 6) is 0.872. The van der Waals surface area contributed by atoms with Crippen molar-refractivity contribution < 1.29 is 4.42 Å². The van der Waals surface area contributed by atoms with Crippen molar-refractivity contribution in [2.45, 2.75) is 56.2 Å². The highest BCUT2D eigenvalue weighted by atomic mass is 32.2. The molecule has 0 bridgehead atoms. The molecule has 1 aliphatic rings. The van der Waals surface area contributed by atoms with Gasteiger partial charge in [0, 0.05) is 26.3 Å². The number of rotatable bonds is 4. The van der Waals surface area contributed by atoms with Gasteiger partial charge in [-0.1, -0.05) is 122 Å². The number of benzene rings is 5. The molecule has 0 saturated carbocycles. The molecule has 0 fully saturated rings. The molecular weight excluding hydrogens is 541 g/mol. The van der Waals surface area contributed by atoms with Crippen LogP contribution < -0.4 is 16.4 Å². The van der Waals surface area contributed by atoms with Gasteiger partial charge >= 0.3 is 0 Å². The number of hydrogen-bond donors (Lipinski definition) is 0. The molecule has 0 amide bonds. The summed E-state index contributed by atoms with van der Waals surface area (Å²) in [6.07, 6.45) is 0. The van der Waals surface area contributed by atoms with Crippen LogP contribution in [0.15, 0.2) is 117 Å². The SMILES string of the molecule is Cc1cc(C(C)C)c(B2c3ccccc3Sc3cc(-n4c5ccccc5c5oc6ccccc6c54)ccc32)c(C(C)C)c1. The van der Waals surface area contributed by atoms with Gasteiger partial charge in [-0.3, -0.25) is 0 Å². The molecule has 0 N–H and O–H groups in total. The lowest BCUT2D eigenvalue weighted by Gasteiger charge is -2.31. The largest absolute Gasteiger partial charge is 0.454 e. The zero-order chi connectivity index (χ0) is 29.4. The smallest absolute Gasteiger partial charge is 0.244 e. The second kappa shape index (κ2) is 9.96. The molecule has 43 heavy (non-hydrogen) atoms. The first kappa shape index (κ1) is 26.5. The predicted molar refractivity (Wildman–Crippen MR) is 185 cm³/mol. The quantitative estimate of drug-likeness (QED) is 0.195. The average molecular weight is 576 g/mol. The lowest BCUT2D eigenvalue weighted by molar-refractivity contribution is 0.673. The number of fused-ring (bicyclic) bond motifs is 7. The van der Waals surface area contributed by atoms with E-state index in [0.29, 0.717) is 11.8 Å². The van der Waals surface area contributed by atoms with Gasteiger partial charge in [0.25, 0.3) is 0 Å². The Kier molecular flexibility index (Phi) is 6.13. The Balaban J connectivity index is 1.41. The van der Waals surface area contributed by atoms with Crippen molar-refractivity contribution in [3.8, 4) is 5.69 Å². The van der Waals surface area contributed by atoms with Crippen LogP contribution in [0, 0.1) is 6.92 Å². The zero-order valence-corrected chi connectivity index (χ0v) is 26.1. The van der Waals surface area contributed by atoms with Gasteiger partial charge < -0.3 is 8.98 Å². The minimum Gasteiger partial charge on any atom is -0.454 e. The molecule has 8 rings (SSSR count). The summed E-state index contributed by atoms with van der Waals surface area (Å²) in [7, 11) is 0. The Hall–Kier alpha value is -4.15. The summed E-state index contributed by atoms with van der Waals surface area (Å²) < 4.78 is 8.86. The van der Waals surface area contributed by atoms with Crippen molar-refractivity contribution in [1.29, 1.82) is 0 Å². The Morgan fingerprint density at radius 1 is 0.674 bits per heavy atom. The van der Waals surface area contributed by atoms with Crippen molar-refractivity contribution >= 4 is 67.8 Å². The predicted octanol–water partition coefficient (Wildman–Crippen LogP) is 9.07. The van der Waals surface area contributed by atoms with Crippen molar-refractivity contribution in [3.63, 3.8) is 0 Å². The number of aromatic nitrogens is 1. The van der Waals surface area contributed by atoms with Crippen molar-refractivity contribution in [2.75, 3.05) is 0 Å². The van der Waals surface area contributed by atoms with Gasteiger partial charge in [0.05, 0.1) is 5.52 Å². The van der Waals surface area contributed by atoms with E-state index in [0.717, 1.165) is 27.5 Å². The number of furan rings is 1. The van der Waals surface area contributed by atoms with Gasteiger partial charge in [0.2, 0.25) is 6.71 Å². The second-order valence-corrected chi connectivity index (χ2v) is 13.7. The fourth-order valence-corrected chi connectivity index (χ4v) is 8.40. The minimum absolute atomic E-state index is 0.188. The van der Waals surface area contributed by atoms with E-state index in [-0.39, 0.29) is 6.71 Å². The topological polar surface area (TPSA) is 18.1 Å². The van der Waals surface area contributed by atoms with Gasteiger partial charge in [-0.2, -0.15) is 0 Å². The summed E-state index contributed by atoms with van der Waals surface area (Å²) in [5, 5.41) is 2.29. The summed E-state index contributed by atoms with van der Waals surface area (Å²) in [6, 6.07) is 38.0. The number of nitrogens with zero attached hydrogens (tertiary/aromatic N) is 1. The molecule has 0 radical (unpaired) electrons. The maximum absolute atomic E-state index is 6.46. The maximum Gasteiger partial charge on any atom is 0.244 e. The summed E-state index contributed by atoms with van der Waals surface area (Å²) >= 11 is 1.90. The molecule has 0 unspecified atom stereocenters. The van der Waals surface area contributed by atoms with E-state index in [9.17, 15) is 0 Å². The molecule has 1 aliphatic heterocycles. The highest BCUT2D eigenvalue weighted by Crippen LogP contribution is 2.40. The third-order valence-electron chi connectivity index (χ3n) is 9.12. The fourth-order valence-electron chi connectivity index (χ4n) is 7.23. The monoisotopic (exact) mass is 575 g/mol. The van der Waals surface area contributed by atoms with E-state index in [2.05, 4.69) is 136 Å². The van der Waals surface area contributed by atoms with E-state index in [1.165, 1.54) is 54.1 Å². The molecule has 0 aliphatic carbocycles. The van der Waals surface area contributed by atoms with Gasteiger partial charge in [-0.05, 0) is 72.4 Å². The Morgan fingerprint density at radius 2 is 1.33 bits per heavy atom. The zero-order valence-electron chi connectivity index (χ0n) is 25.3. The Morgan fingerprint density at radius 3 is 2.09 bits per heavy atom. The molecule has 210 valence electrons. The van der Waals surface area contributed by atoms with Crippen LogP contribution >= 0.6 is 11.8 Å². The molecule has 0 saturated heterocycles. The summed E-state index contributed by atoms with van der Waals surface area (Å²) in [4.78, 5) is 2.67. The van der Waals surface area contributed by atoms with Crippen molar-refractivity contribution in [2.24, 2.45) is 0 Å². The van der Waals surface area contributed by atoms with Crippen LogP contribution in [-0.2, 0) is 0 Å². The standard InChI is InChI=1S/C39H34BNOS/c1-23(2)29-20-25(5)21-30(24(3)4)37(29)40-31-14-8-11-17-35(31)43-36-22-26(18-19-32(36)40)41-33-15-9-6-12-27(33)39-38(41)28-13-7-10-16-34(28)42-39/h6-24H,1-5H3. The van der Waals surface area contributed by atoms with E-state index in [1.54, 1.807) is 0 Å². The molecule has 2 nitrogen and oxygen atoms in total. The molecule has 5 aromatic carbocycles. The van der Waals surface area contributed by atoms with E-state index >= 15 is 0 Å². The van der Waals surface area contributed by atoms with Gasteiger partial charge in [-0.25, -0.2) is 0 Å². The summed E-state index contributed by atoms with van der Waals surface area (Å²) in [6.45, 7) is 11.8. The van der Waals surface area contributed by atoms with Crippen LogP contribution in [0.3, 0.4) is 0 Å². The lowest BCUT2D eigenvalue weighted by Crippen LogP contribution is -2.57. The van der Waals surface area contributed by atoms with Crippen LogP contribution in [0.2, 0.25) is 0 Å². The molecule has 2 aromatic heterocycles. The van der Waals surface area contributed by atoms with Crippen molar-refractivity contribution in [1.82, 2.24) is 4.57 Å². The van der Waals surface area contributed by atoms with Crippen LogP contribution in [0.5, 0.6) is 0 Å². The number of aryl methyl sites for hydroxylation is 1. The Labute approximate surface area is 257 Å². The molecule has 3 heterocycles. The highest BCUT2D eigenvalue weighted by molar-refractivity contribution is 8.00. The Bertz CT molecular complexity index is 2170. The summed E-state index contributed by atoms with van der Waals surface area (Å²) in [5.41, 5.74) is 13.9. The number of para-hydroxylation sites is 2. The second-order valence-electron chi connectivity index (χ2n) is 12.6. The lowest BCUT2D eigenvalue weighted by atomic mass is 9.34. The first-order valence-electron chi connectivity index (χ1n) is 15.4. The van der Waals surface area contributed by atoms with E-state index in [1.807, 2.05) is 17.8 Å². The highest BCUT2D eigenvalue weighted by Gasteiger charge is 2.35. The van der Waals surface area contributed by atoms with E-state index < -0.39 is 0 Å². The molecule has 7 aromatic rings.